The molecule has 134 valence electrons. The molecule has 0 fully saturated rings. The van der Waals surface area contributed by atoms with Crippen LogP contribution < -0.4 is 0 Å². The molecule has 0 aliphatic heterocycles. The molecule has 0 atom stereocenters. The molecule has 8 heteroatoms. The van der Waals surface area contributed by atoms with Crippen molar-refractivity contribution >= 4 is 31.9 Å². The Bertz CT molecular complexity index is 839. The third-order valence-corrected chi connectivity index (χ3v) is 5.98. The van der Waals surface area contributed by atoms with Gasteiger partial charge in [-0.3, -0.25) is 4.79 Å². The zero-order valence-corrected chi connectivity index (χ0v) is 16.2. The van der Waals surface area contributed by atoms with E-state index in [0.717, 1.165) is 26.5 Å². The summed E-state index contributed by atoms with van der Waals surface area (Å²) in [5.74, 6) is -0.858. The summed E-state index contributed by atoms with van der Waals surface area (Å²) in [6.45, 7) is 0.0727. The molecule has 0 saturated heterocycles. The molecule has 0 unspecified atom stereocenters. The lowest BCUT2D eigenvalue weighted by Gasteiger charge is -2.22. The molecule has 2 aromatic carbocycles. The van der Waals surface area contributed by atoms with Gasteiger partial charge in [0.2, 0.25) is 15.9 Å². The lowest BCUT2D eigenvalue weighted by atomic mass is 10.2. The number of sulfonamides is 1. The number of rotatable bonds is 6. The maximum Gasteiger partial charge on any atom is 0.243 e. The van der Waals surface area contributed by atoms with Gasteiger partial charge in [0.1, 0.15) is 5.82 Å². The van der Waals surface area contributed by atoms with E-state index in [1.54, 1.807) is 7.05 Å². The number of likely N-dealkylation sites (N-methyl/N-ethyl adjacent to an activating group) is 2. The molecule has 0 bridgehead atoms. The maximum atomic E-state index is 13.0. The summed E-state index contributed by atoms with van der Waals surface area (Å²) < 4.78 is 39.7. The van der Waals surface area contributed by atoms with Gasteiger partial charge in [-0.1, -0.05) is 28.1 Å². The second kappa shape index (κ2) is 8.07. The number of hydrogen-bond acceptors (Lipinski definition) is 3. The standard InChI is InChI=1S/C17H18BrFN2O3S/c1-20(11-13-3-5-14(18)6-4-13)17(22)12-21(2)25(23,24)16-9-7-15(19)8-10-16/h3-10H,11-12H2,1-2H3. The molecule has 0 N–H and O–H groups in total. The quantitative estimate of drug-likeness (QED) is 0.710. The van der Waals surface area contributed by atoms with Crippen molar-refractivity contribution in [2.45, 2.75) is 11.4 Å². The Morgan fingerprint density at radius 1 is 1.04 bits per heavy atom. The number of carbonyl (C=O) groups is 1. The van der Waals surface area contributed by atoms with Crippen LogP contribution in [0, 0.1) is 5.82 Å². The molecule has 0 heterocycles. The van der Waals surface area contributed by atoms with Gasteiger partial charge < -0.3 is 4.90 Å². The number of benzene rings is 2. The lowest BCUT2D eigenvalue weighted by Crippen LogP contribution is -2.39. The largest absolute Gasteiger partial charge is 0.340 e. The first-order valence-electron chi connectivity index (χ1n) is 7.40. The molecule has 5 nitrogen and oxygen atoms in total. The Morgan fingerprint density at radius 3 is 2.16 bits per heavy atom. The second-order valence-corrected chi connectivity index (χ2v) is 8.55. The van der Waals surface area contributed by atoms with Crippen LogP contribution in [-0.4, -0.2) is 44.2 Å². The molecular weight excluding hydrogens is 411 g/mol. The molecule has 25 heavy (non-hydrogen) atoms. The molecule has 0 aliphatic carbocycles. The third kappa shape index (κ3) is 5.10. The van der Waals surface area contributed by atoms with Gasteiger partial charge >= 0.3 is 0 Å². The van der Waals surface area contributed by atoms with Crippen LogP contribution in [0.3, 0.4) is 0 Å². The van der Waals surface area contributed by atoms with E-state index in [1.807, 2.05) is 24.3 Å². The van der Waals surface area contributed by atoms with Crippen LogP contribution in [0.2, 0.25) is 0 Å². The SMILES string of the molecule is CN(Cc1ccc(Br)cc1)C(=O)CN(C)S(=O)(=O)c1ccc(F)cc1. The minimum atomic E-state index is -3.85. The van der Waals surface area contributed by atoms with Crippen molar-refractivity contribution < 1.29 is 17.6 Å². The minimum absolute atomic E-state index is 0.0558. The average Bonchev–Trinajstić information content (AvgIpc) is 2.57. The molecule has 2 rings (SSSR count). The molecular formula is C17H18BrFN2O3S. The maximum absolute atomic E-state index is 13.0. The third-order valence-electron chi connectivity index (χ3n) is 3.64. The van der Waals surface area contributed by atoms with Crippen molar-refractivity contribution in [3.8, 4) is 0 Å². The Hall–Kier alpha value is -1.77. The fourth-order valence-electron chi connectivity index (χ4n) is 2.13. The number of hydrogen-bond donors (Lipinski definition) is 0. The van der Waals surface area contributed by atoms with E-state index in [0.29, 0.717) is 6.54 Å². The van der Waals surface area contributed by atoms with E-state index in [4.69, 9.17) is 0 Å². The van der Waals surface area contributed by atoms with Crippen molar-refractivity contribution in [3.63, 3.8) is 0 Å². The highest BCUT2D eigenvalue weighted by atomic mass is 79.9. The summed E-state index contributed by atoms with van der Waals surface area (Å²) in [7, 11) is -0.913. The van der Waals surface area contributed by atoms with Crippen LogP contribution in [0.15, 0.2) is 57.9 Å². The Morgan fingerprint density at radius 2 is 1.60 bits per heavy atom. The number of halogens is 2. The van der Waals surface area contributed by atoms with Crippen LogP contribution >= 0.6 is 15.9 Å². The highest BCUT2D eigenvalue weighted by Gasteiger charge is 2.24. The molecule has 0 aromatic heterocycles. The minimum Gasteiger partial charge on any atom is -0.340 e. The fourth-order valence-corrected chi connectivity index (χ4v) is 3.52. The van der Waals surface area contributed by atoms with Gasteiger partial charge in [0.25, 0.3) is 0 Å². The average molecular weight is 429 g/mol. The first kappa shape index (κ1) is 19.6. The smallest absolute Gasteiger partial charge is 0.243 e. The van der Waals surface area contributed by atoms with Gasteiger partial charge in [0, 0.05) is 25.1 Å². The summed E-state index contributed by atoms with van der Waals surface area (Å²) in [5, 5.41) is 0. The summed E-state index contributed by atoms with van der Waals surface area (Å²) >= 11 is 3.34. The lowest BCUT2D eigenvalue weighted by molar-refractivity contribution is -0.130. The highest BCUT2D eigenvalue weighted by molar-refractivity contribution is 9.10. The summed E-state index contributed by atoms with van der Waals surface area (Å²) in [4.78, 5) is 13.7. The van der Waals surface area contributed by atoms with Crippen LogP contribution in [-0.2, 0) is 21.4 Å². The molecule has 0 spiro atoms. The van der Waals surface area contributed by atoms with Gasteiger partial charge in [-0.05, 0) is 42.0 Å². The first-order valence-corrected chi connectivity index (χ1v) is 9.64. The van der Waals surface area contributed by atoms with Crippen LogP contribution in [0.4, 0.5) is 4.39 Å². The molecule has 0 radical (unpaired) electrons. The van der Waals surface area contributed by atoms with Gasteiger partial charge in [-0.2, -0.15) is 4.31 Å². The summed E-state index contributed by atoms with van der Waals surface area (Å²) in [6, 6.07) is 12.0. The predicted molar refractivity (Wildman–Crippen MR) is 96.8 cm³/mol. The monoisotopic (exact) mass is 428 g/mol. The van der Waals surface area contributed by atoms with Crippen LogP contribution in [0.5, 0.6) is 0 Å². The van der Waals surface area contributed by atoms with Gasteiger partial charge in [0.05, 0.1) is 11.4 Å². The van der Waals surface area contributed by atoms with E-state index in [9.17, 15) is 17.6 Å². The van der Waals surface area contributed by atoms with Crippen molar-refractivity contribution in [1.82, 2.24) is 9.21 Å². The fraction of sp³-hybridized carbons (Fsp3) is 0.235. The topological polar surface area (TPSA) is 57.7 Å². The number of amides is 1. The van der Waals surface area contributed by atoms with E-state index < -0.39 is 15.8 Å². The van der Waals surface area contributed by atoms with Crippen molar-refractivity contribution in [2.75, 3.05) is 20.6 Å². The van der Waals surface area contributed by atoms with E-state index in [1.165, 1.54) is 24.1 Å². The number of carbonyl (C=O) groups excluding carboxylic acids is 1. The van der Waals surface area contributed by atoms with E-state index in [-0.39, 0.29) is 17.3 Å². The van der Waals surface area contributed by atoms with Crippen molar-refractivity contribution in [1.29, 1.82) is 0 Å². The molecule has 0 saturated carbocycles. The van der Waals surface area contributed by atoms with Crippen molar-refractivity contribution in [2.24, 2.45) is 0 Å². The van der Waals surface area contributed by atoms with Gasteiger partial charge in [0.15, 0.2) is 0 Å². The zero-order valence-electron chi connectivity index (χ0n) is 13.8. The molecule has 2 aromatic rings. The van der Waals surface area contributed by atoms with E-state index >= 15 is 0 Å². The van der Waals surface area contributed by atoms with Gasteiger partial charge in [-0.25, -0.2) is 12.8 Å². The Kier molecular flexibility index (Phi) is 6.31. The van der Waals surface area contributed by atoms with Crippen molar-refractivity contribution in [3.05, 3.63) is 64.4 Å². The zero-order chi connectivity index (χ0) is 18.6. The summed E-state index contributed by atoms with van der Waals surface area (Å²) in [6.07, 6.45) is 0. The molecule has 1 amide bonds. The normalized spacial score (nSPS) is 11.6. The number of nitrogens with zero attached hydrogens (tertiary/aromatic N) is 2. The predicted octanol–water partition coefficient (Wildman–Crippen LogP) is 2.87. The second-order valence-electron chi connectivity index (χ2n) is 5.59. The van der Waals surface area contributed by atoms with Crippen LogP contribution in [0.1, 0.15) is 5.56 Å². The van der Waals surface area contributed by atoms with Crippen LogP contribution in [0.25, 0.3) is 0 Å². The van der Waals surface area contributed by atoms with E-state index in [2.05, 4.69) is 15.9 Å². The summed E-state index contributed by atoms with van der Waals surface area (Å²) in [5.41, 5.74) is 0.933. The Balaban J connectivity index is 2.03. The van der Waals surface area contributed by atoms with Gasteiger partial charge in [-0.15, -0.1) is 0 Å². The Labute approximate surface area is 155 Å². The molecule has 0 aliphatic rings. The highest BCUT2D eigenvalue weighted by Crippen LogP contribution is 2.15. The first-order chi connectivity index (χ1) is 11.7.